The Bertz CT molecular complexity index is 1410. The van der Waals surface area contributed by atoms with Gasteiger partial charge in [0.15, 0.2) is 0 Å². The van der Waals surface area contributed by atoms with Gasteiger partial charge < -0.3 is 74.4 Å². The van der Waals surface area contributed by atoms with Gasteiger partial charge in [-0.2, -0.15) is 11.8 Å². The fourth-order valence-corrected chi connectivity index (χ4v) is 10.7. The number of ether oxygens (including phenoxy) is 2. The molecule has 8 fully saturated rings. The lowest BCUT2D eigenvalue weighted by molar-refractivity contribution is -0.114. The monoisotopic (exact) mass is 1120 g/mol. The fraction of sp³-hybridized carbons (Fsp3) is 1.00. The highest BCUT2D eigenvalue weighted by Gasteiger charge is 2.41. The summed E-state index contributed by atoms with van der Waals surface area (Å²) in [6.45, 7) is 25.2. The highest BCUT2D eigenvalue weighted by atomic mass is 32.2. The van der Waals surface area contributed by atoms with Crippen LogP contribution in [-0.4, -0.2) is 290 Å². The first kappa shape index (κ1) is 71.6. The Hall–Kier alpha value is -0.530. The molecule has 0 bridgehead atoms. The van der Waals surface area contributed by atoms with Gasteiger partial charge in [0.2, 0.25) is 0 Å². The Balaban J connectivity index is 0.000000304. The van der Waals surface area contributed by atoms with Crippen molar-refractivity contribution in [2.75, 3.05) is 159 Å². The second-order valence-corrected chi connectivity index (χ2v) is 26.7. The molecule has 1 saturated carbocycles. The maximum atomic E-state index is 12.8. The van der Waals surface area contributed by atoms with Gasteiger partial charge in [0.25, 0.3) is 11.8 Å². The molecule has 7 unspecified atom stereocenters. The first-order valence-corrected chi connectivity index (χ1v) is 29.9. The molecule has 7 heterocycles. The second-order valence-electron chi connectivity index (χ2n) is 25.5. The fourth-order valence-electron chi connectivity index (χ4n) is 9.73. The first-order valence-electron chi connectivity index (χ1n) is 28.7. The van der Waals surface area contributed by atoms with E-state index in [2.05, 4.69) is 101 Å². The third-order valence-corrected chi connectivity index (χ3v) is 17.3. The number of alkyl halides is 4. The topological polar surface area (TPSA) is 163 Å². The van der Waals surface area contributed by atoms with Crippen LogP contribution in [0, 0.1) is 10.8 Å². The summed E-state index contributed by atoms with van der Waals surface area (Å²) >= 11 is 1.84. The Morgan fingerprint density at radius 2 is 1.00 bits per heavy atom. The zero-order chi connectivity index (χ0) is 57.5. The standard InChI is InChI=1S/C9H17NO2.3C9H19NO.2C7H13F2NO.C6H13NOS/c1-10-4-5-11-7-9(6-10)12-8-2-3-8;1-9(2)5-7-10(3)6-4-8(9)11;1-9(2)6-4-8(11)5-7-10(9)3;1-9(2)7-10(3)6-4-5-8(9)11;1-10-4-2-6(11)7(8,9)3-5-10;1-10-4-2-3-6(11)7(8,9)5-10;1-7-2-3-9-5-6(8)4-7/h8-9H,2-7H2,1H3;3*8,11H,4-7H2,1-3H3;2*6,11H,2-5H2,1H3;6,8H,2-5H2,1H3. The molecule has 7 atom stereocenters. The Morgan fingerprint density at radius 3 is 1.62 bits per heavy atom. The van der Waals surface area contributed by atoms with Crippen molar-refractivity contribution >= 4 is 11.8 Å². The zero-order valence-electron chi connectivity index (χ0n) is 49.9. The van der Waals surface area contributed by atoms with Crippen LogP contribution in [0.15, 0.2) is 0 Å². The molecular formula is C56H113F4N7O8S. The number of rotatable bonds is 2. The summed E-state index contributed by atoms with van der Waals surface area (Å²) in [4.78, 5) is 14.7. The van der Waals surface area contributed by atoms with E-state index >= 15 is 0 Å². The minimum Gasteiger partial charge on any atom is -0.393 e. The molecule has 8 rings (SSSR count). The lowest BCUT2D eigenvalue weighted by Crippen LogP contribution is -2.40. The number of nitrogens with zero attached hydrogens (tertiary/aromatic N) is 7. The molecular weight excluding hydrogens is 1010 g/mol. The number of aliphatic hydroxyl groups is 6. The van der Waals surface area contributed by atoms with Gasteiger partial charge in [0, 0.05) is 87.8 Å². The molecule has 0 aromatic carbocycles. The summed E-state index contributed by atoms with van der Waals surface area (Å²) in [5.74, 6) is -3.74. The Morgan fingerprint density at radius 1 is 0.461 bits per heavy atom. The molecule has 0 aromatic heterocycles. The lowest BCUT2D eigenvalue weighted by Gasteiger charge is -2.33. The van der Waals surface area contributed by atoms with Gasteiger partial charge in [-0.1, -0.05) is 27.7 Å². The molecule has 0 spiro atoms. The molecule has 15 nitrogen and oxygen atoms in total. The van der Waals surface area contributed by atoms with E-state index in [1.807, 2.05) is 16.7 Å². The van der Waals surface area contributed by atoms with Gasteiger partial charge in [-0.3, -0.25) is 0 Å². The van der Waals surface area contributed by atoms with Crippen LogP contribution in [-0.2, 0) is 9.47 Å². The predicted octanol–water partition coefficient (Wildman–Crippen LogP) is 5.38. The highest BCUT2D eigenvalue weighted by Crippen LogP contribution is 2.32. The van der Waals surface area contributed by atoms with E-state index in [9.17, 15) is 38.0 Å². The third-order valence-electron chi connectivity index (χ3n) is 16.2. The molecule has 0 aromatic rings. The maximum absolute atomic E-state index is 12.8. The van der Waals surface area contributed by atoms with Gasteiger partial charge >= 0.3 is 0 Å². The van der Waals surface area contributed by atoms with Crippen molar-refractivity contribution in [3.8, 4) is 0 Å². The minimum atomic E-state index is -2.93. The molecule has 6 N–H and O–H groups in total. The van der Waals surface area contributed by atoms with Gasteiger partial charge in [0.1, 0.15) is 12.2 Å². The molecule has 76 heavy (non-hydrogen) atoms. The first-order chi connectivity index (χ1) is 35.2. The van der Waals surface area contributed by atoms with Gasteiger partial charge in [0.05, 0.1) is 56.4 Å². The minimum absolute atomic E-state index is 0.0702. The Kier molecular flexibility index (Phi) is 32.8. The molecule has 7 aliphatic heterocycles. The van der Waals surface area contributed by atoms with E-state index < -0.39 is 24.1 Å². The third kappa shape index (κ3) is 30.0. The molecule has 454 valence electrons. The summed E-state index contributed by atoms with van der Waals surface area (Å²) < 4.78 is 62.4. The molecule has 1 aliphatic carbocycles. The van der Waals surface area contributed by atoms with Gasteiger partial charge in [-0.05, 0) is 165 Å². The van der Waals surface area contributed by atoms with Crippen molar-refractivity contribution in [1.29, 1.82) is 0 Å². The number of aliphatic hydroxyl groups excluding tert-OH is 6. The predicted molar refractivity (Wildman–Crippen MR) is 302 cm³/mol. The Labute approximate surface area is 463 Å². The van der Waals surface area contributed by atoms with Crippen LogP contribution in [0.2, 0.25) is 0 Å². The van der Waals surface area contributed by atoms with E-state index in [4.69, 9.17) is 19.7 Å². The van der Waals surface area contributed by atoms with E-state index in [-0.39, 0.29) is 66.6 Å². The number of thioether (sulfide) groups is 1. The van der Waals surface area contributed by atoms with Crippen molar-refractivity contribution in [1.82, 2.24) is 34.3 Å². The van der Waals surface area contributed by atoms with E-state index in [1.54, 1.807) is 19.0 Å². The largest absolute Gasteiger partial charge is 0.393 e. The van der Waals surface area contributed by atoms with Crippen LogP contribution in [0.25, 0.3) is 0 Å². The number of halogens is 4. The maximum Gasteiger partial charge on any atom is 0.285 e. The van der Waals surface area contributed by atoms with Gasteiger partial charge in [-0.15, -0.1) is 0 Å². The number of hydrogen-bond donors (Lipinski definition) is 6. The molecule has 8 aliphatic rings. The molecule has 20 heteroatoms. The molecule has 7 saturated heterocycles. The van der Waals surface area contributed by atoms with Crippen LogP contribution >= 0.6 is 11.8 Å². The smallest absolute Gasteiger partial charge is 0.285 e. The van der Waals surface area contributed by atoms with E-state index in [0.717, 1.165) is 129 Å². The van der Waals surface area contributed by atoms with Crippen LogP contribution in [0.3, 0.4) is 0 Å². The number of β-amino-alcohol motifs (C(OH)–C–C–N with tert-alkyl or cyclic N) is 1. The highest BCUT2D eigenvalue weighted by molar-refractivity contribution is 7.99. The number of likely N-dealkylation sites (tertiary alicyclic amines) is 5. The van der Waals surface area contributed by atoms with Crippen molar-refractivity contribution in [3.63, 3.8) is 0 Å². The van der Waals surface area contributed by atoms with E-state index in [1.165, 1.54) is 12.8 Å². The second kappa shape index (κ2) is 34.8. The van der Waals surface area contributed by atoms with Crippen LogP contribution in [0.5, 0.6) is 0 Å². The zero-order valence-corrected chi connectivity index (χ0v) is 50.7. The summed E-state index contributed by atoms with van der Waals surface area (Å²) in [6.07, 6.45) is 7.92. The lowest BCUT2D eigenvalue weighted by atomic mass is 9.83. The van der Waals surface area contributed by atoms with Crippen molar-refractivity contribution in [3.05, 3.63) is 0 Å². The van der Waals surface area contributed by atoms with Gasteiger partial charge in [-0.25, -0.2) is 17.6 Å². The van der Waals surface area contributed by atoms with Crippen molar-refractivity contribution < 1.29 is 57.7 Å². The average molecular weight is 1120 g/mol. The normalized spacial score (nSPS) is 33.1. The van der Waals surface area contributed by atoms with Crippen LogP contribution in [0.1, 0.15) is 125 Å². The summed E-state index contributed by atoms with van der Waals surface area (Å²) in [7, 11) is 14.0. The van der Waals surface area contributed by atoms with Crippen LogP contribution in [0.4, 0.5) is 17.6 Å². The molecule has 0 amide bonds. The van der Waals surface area contributed by atoms with Crippen LogP contribution < -0.4 is 0 Å². The average Bonchev–Trinajstić information content (AvgIpc) is 4.23. The summed E-state index contributed by atoms with van der Waals surface area (Å²) in [5, 5.41) is 55.9. The summed E-state index contributed by atoms with van der Waals surface area (Å²) in [5.41, 5.74) is 0.466. The number of likely N-dealkylation sites (N-methyl/N-ethyl adjacent to an activating group) is 2. The molecule has 0 radical (unpaired) electrons. The SMILES string of the molecule is CN1CCC(O)C(C)(C)CC1.CN1CCC(O)C(F)(F)CC1.CN1CCC(O)CCC1(C)C.CN1CCCC(O)C(C)(C)C1.CN1CCCC(O)C(F)(F)C1.CN1CCOCC(OC2CC2)C1.CN1CCSCC(O)C1. The quantitative estimate of drug-likeness (QED) is 0.196. The van der Waals surface area contributed by atoms with Crippen molar-refractivity contribution in [2.45, 2.75) is 191 Å². The summed E-state index contributed by atoms with van der Waals surface area (Å²) in [6, 6.07) is 0. The van der Waals surface area contributed by atoms with E-state index in [0.29, 0.717) is 38.3 Å². The number of hydrogen-bond acceptors (Lipinski definition) is 16. The van der Waals surface area contributed by atoms with Crippen molar-refractivity contribution in [2.24, 2.45) is 10.8 Å².